The van der Waals surface area contributed by atoms with Gasteiger partial charge in [0, 0.05) is 26.3 Å². The third kappa shape index (κ3) is 4.20. The van der Waals surface area contributed by atoms with Crippen molar-refractivity contribution < 1.29 is 9.90 Å². The van der Waals surface area contributed by atoms with Crippen molar-refractivity contribution in [3.8, 4) is 0 Å². The molecule has 1 aromatic carbocycles. The molecule has 2 heterocycles. The van der Waals surface area contributed by atoms with Gasteiger partial charge in [-0.3, -0.25) is 9.69 Å². The van der Waals surface area contributed by atoms with E-state index in [1.54, 1.807) is 17.4 Å². The number of halogens is 2. The number of nitrogens with zero attached hydrogens (tertiary/aromatic N) is 1. The van der Waals surface area contributed by atoms with Gasteiger partial charge in [0.2, 0.25) is 0 Å². The minimum atomic E-state index is -0.717. The molecule has 2 atom stereocenters. The molecular formula is C19H21Cl2NO2S. The van der Waals surface area contributed by atoms with E-state index >= 15 is 0 Å². The third-order valence-corrected chi connectivity index (χ3v) is 6.57. The summed E-state index contributed by atoms with van der Waals surface area (Å²) in [4.78, 5) is 16.3. The van der Waals surface area contributed by atoms with Crippen LogP contribution in [-0.2, 0) is 11.2 Å². The fourth-order valence-electron chi connectivity index (χ4n) is 3.43. The Bertz CT molecular complexity index is 762. The highest BCUT2D eigenvalue weighted by atomic mass is 35.5. The number of thiophene rings is 1. The Balaban J connectivity index is 2.00. The number of benzene rings is 1. The van der Waals surface area contributed by atoms with Gasteiger partial charge >= 0.3 is 5.97 Å². The average Bonchev–Trinajstić information content (AvgIpc) is 3.06. The molecule has 0 bridgehead atoms. The van der Waals surface area contributed by atoms with Crippen molar-refractivity contribution in [3.05, 3.63) is 55.7 Å². The van der Waals surface area contributed by atoms with Crippen molar-refractivity contribution in [2.24, 2.45) is 5.92 Å². The van der Waals surface area contributed by atoms with Gasteiger partial charge in [-0.15, -0.1) is 11.3 Å². The number of carboxylic acid groups (broad SMARTS) is 1. The van der Waals surface area contributed by atoms with Crippen LogP contribution in [0.5, 0.6) is 0 Å². The van der Waals surface area contributed by atoms with Crippen LogP contribution >= 0.6 is 34.5 Å². The molecular weight excluding hydrogens is 377 g/mol. The van der Waals surface area contributed by atoms with E-state index in [0.29, 0.717) is 16.6 Å². The lowest BCUT2D eigenvalue weighted by Crippen LogP contribution is -2.41. The van der Waals surface area contributed by atoms with Gasteiger partial charge in [0.15, 0.2) is 0 Å². The molecule has 1 aliphatic heterocycles. The number of carboxylic acids is 1. The Morgan fingerprint density at radius 3 is 2.80 bits per heavy atom. The summed E-state index contributed by atoms with van der Waals surface area (Å²) in [5.74, 6) is -1.04. The van der Waals surface area contributed by atoms with Crippen LogP contribution in [0, 0.1) is 5.92 Å². The summed E-state index contributed by atoms with van der Waals surface area (Å²) in [6.45, 7) is 3.55. The molecule has 1 aromatic heterocycles. The van der Waals surface area contributed by atoms with Crippen molar-refractivity contribution >= 4 is 40.5 Å². The Hall–Kier alpha value is -1.07. The van der Waals surface area contributed by atoms with Crippen LogP contribution in [0.3, 0.4) is 0 Å². The number of aryl methyl sites for hydroxylation is 1. The van der Waals surface area contributed by atoms with Crippen molar-refractivity contribution in [1.82, 2.24) is 4.90 Å². The molecule has 1 N–H and O–H groups in total. The number of hydrogen-bond acceptors (Lipinski definition) is 3. The number of likely N-dealkylation sites (tertiary alicyclic amines) is 1. The van der Waals surface area contributed by atoms with Gasteiger partial charge < -0.3 is 5.11 Å². The first kappa shape index (κ1) is 18.7. The largest absolute Gasteiger partial charge is 0.481 e. The molecule has 0 aliphatic carbocycles. The van der Waals surface area contributed by atoms with Crippen molar-refractivity contribution in [2.75, 3.05) is 13.1 Å². The van der Waals surface area contributed by atoms with E-state index < -0.39 is 5.97 Å². The molecule has 0 amide bonds. The van der Waals surface area contributed by atoms with Gasteiger partial charge in [0.25, 0.3) is 0 Å². The number of aliphatic carboxylic acids is 1. The van der Waals surface area contributed by atoms with Crippen LogP contribution in [-0.4, -0.2) is 29.1 Å². The molecule has 3 rings (SSSR count). The van der Waals surface area contributed by atoms with E-state index in [0.717, 1.165) is 31.4 Å². The Kier molecular flexibility index (Phi) is 6.05. The molecule has 0 spiro atoms. The Labute approximate surface area is 162 Å². The highest BCUT2D eigenvalue weighted by Gasteiger charge is 2.32. The van der Waals surface area contributed by atoms with Gasteiger partial charge in [-0.1, -0.05) is 36.2 Å². The zero-order valence-electron chi connectivity index (χ0n) is 14.0. The zero-order chi connectivity index (χ0) is 18.0. The smallest absolute Gasteiger partial charge is 0.307 e. The summed E-state index contributed by atoms with van der Waals surface area (Å²) in [7, 11) is 0. The van der Waals surface area contributed by atoms with E-state index in [1.165, 1.54) is 9.75 Å². The van der Waals surface area contributed by atoms with Crippen LogP contribution < -0.4 is 0 Å². The molecule has 1 fully saturated rings. The summed E-state index contributed by atoms with van der Waals surface area (Å²) in [6, 6.07) is 9.84. The van der Waals surface area contributed by atoms with E-state index in [1.807, 2.05) is 12.1 Å². The molecule has 6 heteroatoms. The summed E-state index contributed by atoms with van der Waals surface area (Å²) in [5.41, 5.74) is 0.988. The second-order valence-corrected chi connectivity index (χ2v) is 8.44. The number of carbonyl (C=O) groups is 1. The molecule has 0 saturated carbocycles. The van der Waals surface area contributed by atoms with Gasteiger partial charge in [0.1, 0.15) is 0 Å². The van der Waals surface area contributed by atoms with E-state index in [4.69, 9.17) is 23.2 Å². The number of piperidine rings is 1. The maximum atomic E-state index is 11.5. The van der Waals surface area contributed by atoms with Crippen molar-refractivity contribution in [3.63, 3.8) is 0 Å². The lowest BCUT2D eigenvalue weighted by molar-refractivity contribution is -0.143. The Morgan fingerprint density at radius 1 is 1.36 bits per heavy atom. The zero-order valence-corrected chi connectivity index (χ0v) is 16.4. The predicted molar refractivity (Wildman–Crippen MR) is 104 cm³/mol. The molecule has 2 unspecified atom stereocenters. The van der Waals surface area contributed by atoms with Gasteiger partial charge in [-0.2, -0.15) is 0 Å². The summed E-state index contributed by atoms with van der Waals surface area (Å²) in [5, 5.41) is 10.7. The maximum absolute atomic E-state index is 11.5. The van der Waals surface area contributed by atoms with Gasteiger partial charge in [-0.05, 0) is 55.6 Å². The van der Waals surface area contributed by atoms with Gasteiger partial charge in [-0.25, -0.2) is 0 Å². The SMILES string of the molecule is CCc1ccc(C(c2ccc(Cl)cc2Cl)N2CCCC(C(=O)O)C2)s1. The fourth-order valence-corrected chi connectivity index (χ4v) is 5.05. The minimum absolute atomic E-state index is 0.0304. The molecule has 134 valence electrons. The first-order chi connectivity index (χ1) is 12.0. The third-order valence-electron chi connectivity index (χ3n) is 4.72. The highest BCUT2D eigenvalue weighted by molar-refractivity contribution is 7.12. The first-order valence-corrected chi connectivity index (χ1v) is 10.1. The number of hydrogen-bond donors (Lipinski definition) is 1. The molecule has 0 radical (unpaired) electrons. The summed E-state index contributed by atoms with van der Waals surface area (Å²) >= 11 is 14.4. The quantitative estimate of drug-likeness (QED) is 0.723. The Morgan fingerprint density at radius 2 is 2.16 bits per heavy atom. The second kappa shape index (κ2) is 8.09. The molecule has 1 aliphatic rings. The van der Waals surface area contributed by atoms with Crippen LogP contribution in [0.25, 0.3) is 0 Å². The van der Waals surface area contributed by atoms with Crippen molar-refractivity contribution in [1.29, 1.82) is 0 Å². The lowest BCUT2D eigenvalue weighted by Gasteiger charge is -2.37. The van der Waals surface area contributed by atoms with E-state index in [-0.39, 0.29) is 12.0 Å². The van der Waals surface area contributed by atoms with Crippen LogP contribution in [0.4, 0.5) is 0 Å². The monoisotopic (exact) mass is 397 g/mol. The first-order valence-electron chi connectivity index (χ1n) is 8.50. The summed E-state index contributed by atoms with van der Waals surface area (Å²) in [6.07, 6.45) is 2.60. The average molecular weight is 398 g/mol. The molecule has 3 nitrogen and oxygen atoms in total. The van der Waals surface area contributed by atoms with E-state index in [9.17, 15) is 9.90 Å². The molecule has 1 saturated heterocycles. The standard InChI is InChI=1S/C19H21Cl2NO2S/c1-2-14-6-8-17(25-14)18(15-7-5-13(20)10-16(15)21)22-9-3-4-12(11-22)19(23)24/h5-8,10,12,18H,2-4,9,11H2,1H3,(H,23,24). The maximum Gasteiger partial charge on any atom is 0.307 e. The second-order valence-electron chi connectivity index (χ2n) is 6.40. The van der Waals surface area contributed by atoms with Crippen LogP contribution in [0.1, 0.15) is 41.1 Å². The number of rotatable bonds is 5. The fraction of sp³-hybridized carbons (Fsp3) is 0.421. The van der Waals surface area contributed by atoms with Crippen LogP contribution in [0.2, 0.25) is 10.0 Å². The van der Waals surface area contributed by atoms with Gasteiger partial charge in [0.05, 0.1) is 12.0 Å². The molecule has 25 heavy (non-hydrogen) atoms. The minimum Gasteiger partial charge on any atom is -0.481 e. The summed E-state index contributed by atoms with van der Waals surface area (Å²) < 4.78 is 0. The lowest BCUT2D eigenvalue weighted by atomic mass is 9.94. The van der Waals surface area contributed by atoms with Crippen LogP contribution in [0.15, 0.2) is 30.3 Å². The molecule has 2 aromatic rings. The predicted octanol–water partition coefficient (Wildman–Crippen LogP) is 5.50. The topological polar surface area (TPSA) is 40.5 Å². The van der Waals surface area contributed by atoms with E-state index in [2.05, 4.69) is 24.0 Å². The highest BCUT2D eigenvalue weighted by Crippen LogP contribution is 2.39. The normalized spacial score (nSPS) is 19.7. The van der Waals surface area contributed by atoms with Crippen molar-refractivity contribution in [2.45, 2.75) is 32.2 Å².